The Hall–Kier alpha value is -0.463. The molecule has 5 heteroatoms. The van der Waals surface area contributed by atoms with Gasteiger partial charge in [0, 0.05) is 11.3 Å². The average molecular weight is 365 g/mol. The first-order valence-electron chi connectivity index (χ1n) is 10.0. The van der Waals surface area contributed by atoms with Crippen LogP contribution in [0.4, 0.5) is 0 Å². The van der Waals surface area contributed by atoms with Crippen LogP contribution in [-0.4, -0.2) is 44.6 Å². The second kappa shape index (κ2) is 6.03. The largest absolute Gasteiger partial charge is 0.407 e. The van der Waals surface area contributed by atoms with Crippen LogP contribution in [0.1, 0.15) is 40.5 Å². The van der Waals surface area contributed by atoms with Crippen LogP contribution in [0.5, 0.6) is 0 Å². The van der Waals surface area contributed by atoms with E-state index in [1.54, 1.807) is 0 Å². The molecule has 2 fully saturated rings. The second-order valence-corrected chi connectivity index (χ2v) is 12.9. The van der Waals surface area contributed by atoms with Crippen LogP contribution >= 0.6 is 0 Å². The van der Waals surface area contributed by atoms with Gasteiger partial charge in [-0.3, -0.25) is 0 Å². The molecule has 1 unspecified atom stereocenters. The van der Waals surface area contributed by atoms with E-state index in [4.69, 9.17) is 13.9 Å². The monoisotopic (exact) mass is 364 g/mol. The molecule has 1 aliphatic heterocycles. The molecule has 0 aromatic rings. The zero-order valence-corrected chi connectivity index (χ0v) is 17.0. The van der Waals surface area contributed by atoms with Crippen molar-refractivity contribution in [2.24, 2.45) is 11.3 Å². The summed E-state index contributed by atoms with van der Waals surface area (Å²) in [6.45, 7) is 10.3. The molecule has 0 bridgehead atoms. The maximum atomic E-state index is 10.6. The topological polar surface area (TPSA) is 47.9 Å². The quantitative estimate of drug-likeness (QED) is 0.596. The average Bonchev–Trinajstić information content (AvgIpc) is 3.13. The second-order valence-electron chi connectivity index (χ2n) is 8.16. The van der Waals surface area contributed by atoms with E-state index in [2.05, 4.69) is 33.8 Å². The number of hydrogen-bond donors (Lipinski definition) is 1. The van der Waals surface area contributed by atoms with Crippen LogP contribution in [0.25, 0.3) is 0 Å². The van der Waals surface area contributed by atoms with Gasteiger partial charge in [-0.15, -0.1) is 0 Å². The van der Waals surface area contributed by atoms with Crippen molar-refractivity contribution >= 4 is 8.32 Å². The first kappa shape index (κ1) is 17.9. The maximum absolute atomic E-state index is 10.6. The summed E-state index contributed by atoms with van der Waals surface area (Å²) in [5.74, 6) is -0.576. The van der Waals surface area contributed by atoms with Gasteiger partial charge in [-0.05, 0) is 43.5 Å². The van der Waals surface area contributed by atoms with E-state index in [0.29, 0.717) is 13.2 Å². The smallest absolute Gasteiger partial charge is 0.204 e. The summed E-state index contributed by atoms with van der Waals surface area (Å²) in [6.07, 6.45) is 5.60. The van der Waals surface area contributed by atoms with Gasteiger partial charge in [-0.2, -0.15) is 0 Å². The molecule has 1 saturated carbocycles. The summed E-state index contributed by atoms with van der Waals surface area (Å²) in [4.78, 5) is 0. The van der Waals surface area contributed by atoms with E-state index < -0.39 is 20.2 Å². The van der Waals surface area contributed by atoms with E-state index in [0.717, 1.165) is 36.5 Å². The molecule has 3 aliphatic carbocycles. The normalized spacial score (nSPS) is 35.0. The fourth-order valence-corrected chi connectivity index (χ4v) is 8.39. The van der Waals surface area contributed by atoms with Crippen LogP contribution in [0, 0.1) is 11.3 Å². The number of rotatable bonds is 5. The summed E-state index contributed by atoms with van der Waals surface area (Å²) in [5, 5.41) is 10.6. The molecule has 1 N–H and O–H groups in total. The van der Waals surface area contributed by atoms with Gasteiger partial charge in [-0.1, -0.05) is 38.5 Å². The molecule has 0 amide bonds. The highest BCUT2D eigenvalue weighted by Gasteiger charge is 2.72. The van der Waals surface area contributed by atoms with Crippen LogP contribution in [0.3, 0.4) is 0 Å². The zero-order valence-electron chi connectivity index (χ0n) is 16.0. The van der Waals surface area contributed by atoms with Gasteiger partial charge < -0.3 is 19.0 Å². The van der Waals surface area contributed by atoms with Gasteiger partial charge in [0.15, 0.2) is 8.32 Å². The molecule has 1 saturated heterocycles. The Bertz CT molecular complexity index is 589. The van der Waals surface area contributed by atoms with E-state index in [1.807, 2.05) is 6.08 Å². The van der Waals surface area contributed by atoms with Crippen molar-refractivity contribution in [3.8, 4) is 0 Å². The van der Waals surface area contributed by atoms with Crippen LogP contribution in [0.2, 0.25) is 18.1 Å². The first-order valence-corrected chi connectivity index (χ1v) is 12.6. The summed E-state index contributed by atoms with van der Waals surface area (Å²) >= 11 is 0. The summed E-state index contributed by atoms with van der Waals surface area (Å²) in [6, 6.07) is 3.32. The fourth-order valence-electron chi connectivity index (χ4n) is 5.55. The molecule has 0 aromatic carbocycles. The third-order valence-electron chi connectivity index (χ3n) is 7.47. The van der Waals surface area contributed by atoms with Gasteiger partial charge in [0.1, 0.15) is 6.10 Å². The minimum absolute atomic E-state index is 0.0795. The highest BCUT2D eigenvalue weighted by molar-refractivity contribution is 6.73. The van der Waals surface area contributed by atoms with Crippen LogP contribution in [0.15, 0.2) is 23.3 Å². The van der Waals surface area contributed by atoms with Crippen molar-refractivity contribution in [3.05, 3.63) is 23.3 Å². The molecule has 2 spiro atoms. The molecule has 140 valence electrons. The highest BCUT2D eigenvalue weighted by Crippen LogP contribution is 2.69. The Balaban J connectivity index is 1.82. The molecule has 1 heterocycles. The molecule has 4 aliphatic rings. The Morgan fingerprint density at radius 1 is 1.12 bits per heavy atom. The number of ether oxygens (including phenoxy) is 2. The molecule has 0 radical (unpaired) electrons. The Kier molecular flexibility index (Phi) is 4.32. The Morgan fingerprint density at radius 3 is 2.24 bits per heavy atom. The lowest BCUT2D eigenvalue weighted by Crippen LogP contribution is -2.62. The standard InChI is InChI=1S/C20H32O4Si/c1-5-25(6-2,7-3)24-18-15-8-9-16(21)17(15)14(4)19(10-11-19)20(18)22-12-13-23-20/h8-9,15-16,18,21H,5-7,10-13H2,1-4H3/t15-,16?,18-/m0/s1. The Labute approximate surface area is 152 Å². The van der Waals surface area contributed by atoms with Gasteiger partial charge in [-0.25, -0.2) is 0 Å². The lowest BCUT2D eigenvalue weighted by atomic mass is 9.69. The van der Waals surface area contributed by atoms with Gasteiger partial charge in [0.25, 0.3) is 0 Å². The van der Waals surface area contributed by atoms with E-state index in [-0.39, 0.29) is 17.4 Å². The minimum atomic E-state index is -1.84. The minimum Gasteiger partial charge on any atom is -0.407 e. The molecule has 25 heavy (non-hydrogen) atoms. The molecule has 3 atom stereocenters. The predicted octanol–water partition coefficient (Wildman–Crippen LogP) is 3.78. The number of aliphatic hydroxyl groups excluding tert-OH is 1. The Morgan fingerprint density at radius 2 is 1.72 bits per heavy atom. The third-order valence-corrected chi connectivity index (χ3v) is 12.1. The van der Waals surface area contributed by atoms with E-state index in [9.17, 15) is 5.11 Å². The van der Waals surface area contributed by atoms with E-state index in [1.165, 1.54) is 5.57 Å². The molecular weight excluding hydrogens is 332 g/mol. The lowest BCUT2D eigenvalue weighted by Gasteiger charge is -2.52. The highest BCUT2D eigenvalue weighted by atomic mass is 28.4. The predicted molar refractivity (Wildman–Crippen MR) is 99.7 cm³/mol. The van der Waals surface area contributed by atoms with Gasteiger partial charge >= 0.3 is 0 Å². The van der Waals surface area contributed by atoms with Gasteiger partial charge in [0.05, 0.1) is 19.3 Å². The van der Waals surface area contributed by atoms with Crippen molar-refractivity contribution in [2.45, 2.75) is 76.7 Å². The first-order chi connectivity index (χ1) is 12.0. The number of aliphatic hydroxyl groups is 1. The molecular formula is C20H32O4Si. The lowest BCUT2D eigenvalue weighted by molar-refractivity contribution is -0.260. The summed E-state index contributed by atoms with van der Waals surface area (Å²) < 4.78 is 19.8. The van der Waals surface area contributed by atoms with Crippen molar-refractivity contribution in [3.63, 3.8) is 0 Å². The van der Waals surface area contributed by atoms with Gasteiger partial charge in [0.2, 0.25) is 5.79 Å². The number of fused-ring (bicyclic) bond motifs is 2. The van der Waals surface area contributed by atoms with Crippen LogP contribution in [-0.2, 0) is 13.9 Å². The van der Waals surface area contributed by atoms with Crippen molar-refractivity contribution in [1.82, 2.24) is 0 Å². The van der Waals surface area contributed by atoms with E-state index >= 15 is 0 Å². The van der Waals surface area contributed by atoms with Crippen molar-refractivity contribution < 1.29 is 19.0 Å². The SMILES string of the molecule is CC[Si](CC)(CC)O[C@H]1[C@H]2C=CC(O)C2=C(C)C2(CC2)C12OCCO2. The molecule has 4 nitrogen and oxygen atoms in total. The molecule has 4 rings (SSSR count). The van der Waals surface area contributed by atoms with Crippen LogP contribution < -0.4 is 0 Å². The van der Waals surface area contributed by atoms with Crippen molar-refractivity contribution in [2.75, 3.05) is 13.2 Å². The number of hydrogen-bond acceptors (Lipinski definition) is 4. The molecule has 0 aromatic heterocycles. The fraction of sp³-hybridized carbons (Fsp3) is 0.800. The van der Waals surface area contributed by atoms with Crippen molar-refractivity contribution in [1.29, 1.82) is 0 Å². The third kappa shape index (κ3) is 2.26. The summed E-state index contributed by atoms with van der Waals surface area (Å²) in [5.41, 5.74) is 2.34. The zero-order chi connectivity index (χ0) is 17.9. The summed E-state index contributed by atoms with van der Waals surface area (Å²) in [7, 11) is -1.84. The maximum Gasteiger partial charge on any atom is 0.204 e.